The number of hydrogen-bond donors (Lipinski definition) is 2. The van der Waals surface area contributed by atoms with Crippen LogP contribution in [-0.4, -0.2) is 22.8 Å². The molecule has 0 saturated carbocycles. The molecule has 28 heavy (non-hydrogen) atoms. The molecule has 0 aliphatic heterocycles. The van der Waals surface area contributed by atoms with E-state index in [0.717, 1.165) is 0 Å². The number of amides is 2. The Bertz CT molecular complexity index is 985. The number of nitrogens with one attached hydrogen (secondary N) is 2. The van der Waals surface area contributed by atoms with Crippen LogP contribution in [0.5, 0.6) is 5.75 Å². The topological polar surface area (TPSA) is 97.4 Å². The molecule has 142 valence electrons. The van der Waals surface area contributed by atoms with Gasteiger partial charge in [0, 0.05) is 34.8 Å². The lowest BCUT2D eigenvalue weighted by atomic mass is 10.1. The largest absolute Gasteiger partial charge is 0.427 e. The summed E-state index contributed by atoms with van der Waals surface area (Å²) in [6.45, 7) is 1.70. The van der Waals surface area contributed by atoms with Crippen LogP contribution < -0.4 is 15.4 Å². The normalized spacial score (nSPS) is 10.2. The molecule has 2 aromatic carbocycles. The van der Waals surface area contributed by atoms with Crippen LogP contribution in [0, 0.1) is 0 Å². The van der Waals surface area contributed by atoms with Gasteiger partial charge in [-0.3, -0.25) is 19.7 Å². The first kappa shape index (κ1) is 19.2. The number of ether oxygens (including phenoxy) is 1. The van der Waals surface area contributed by atoms with Crippen LogP contribution in [0.1, 0.15) is 34.1 Å². The Morgan fingerprint density at radius 1 is 1.00 bits per heavy atom. The molecule has 0 atom stereocenters. The van der Waals surface area contributed by atoms with E-state index in [1.54, 1.807) is 67.0 Å². The van der Waals surface area contributed by atoms with E-state index in [-0.39, 0.29) is 24.2 Å². The van der Waals surface area contributed by atoms with E-state index >= 15 is 0 Å². The van der Waals surface area contributed by atoms with Crippen molar-refractivity contribution in [1.82, 2.24) is 4.98 Å². The maximum atomic E-state index is 12.4. The fraction of sp³-hybridized carbons (Fsp3) is 0.100. The summed E-state index contributed by atoms with van der Waals surface area (Å²) < 4.78 is 5.08. The van der Waals surface area contributed by atoms with Gasteiger partial charge in [-0.2, -0.15) is 0 Å². The van der Waals surface area contributed by atoms with Crippen molar-refractivity contribution >= 4 is 39.9 Å². The molecule has 0 unspecified atom stereocenters. The SMILES string of the molecule is CCC(=O)Oc1ccc(C(=O)Nc2cccc(C(=O)Nc3nccs3)c2)cc1. The Kier molecular flexibility index (Phi) is 6.13. The Morgan fingerprint density at radius 2 is 1.75 bits per heavy atom. The predicted octanol–water partition coefficient (Wildman–Crippen LogP) is 3.96. The molecule has 0 aliphatic carbocycles. The molecule has 2 amide bonds. The van der Waals surface area contributed by atoms with Crippen LogP contribution in [0.3, 0.4) is 0 Å². The van der Waals surface area contributed by atoms with E-state index in [0.29, 0.717) is 27.7 Å². The number of anilines is 2. The number of thiazole rings is 1. The molecule has 0 fully saturated rings. The Balaban J connectivity index is 1.65. The first-order valence-electron chi connectivity index (χ1n) is 8.48. The second kappa shape index (κ2) is 8.92. The average Bonchev–Trinajstić information content (AvgIpc) is 3.21. The number of rotatable bonds is 6. The minimum atomic E-state index is -0.343. The number of carbonyl (C=O) groups is 3. The summed E-state index contributed by atoms with van der Waals surface area (Å²) in [5, 5.41) is 7.70. The number of aromatic nitrogens is 1. The third-order valence-corrected chi connectivity index (χ3v) is 4.36. The zero-order valence-electron chi connectivity index (χ0n) is 15.0. The van der Waals surface area contributed by atoms with Crippen molar-refractivity contribution < 1.29 is 19.1 Å². The van der Waals surface area contributed by atoms with E-state index in [2.05, 4.69) is 15.6 Å². The van der Waals surface area contributed by atoms with Crippen LogP contribution in [0.15, 0.2) is 60.1 Å². The lowest BCUT2D eigenvalue weighted by Crippen LogP contribution is -2.14. The number of benzene rings is 2. The van der Waals surface area contributed by atoms with Gasteiger partial charge >= 0.3 is 5.97 Å². The summed E-state index contributed by atoms with van der Waals surface area (Å²) in [6, 6.07) is 12.8. The van der Waals surface area contributed by atoms with Gasteiger partial charge in [0.25, 0.3) is 11.8 Å². The van der Waals surface area contributed by atoms with E-state index in [1.165, 1.54) is 11.3 Å². The number of hydrogen-bond acceptors (Lipinski definition) is 6. The molecule has 0 bridgehead atoms. The van der Waals surface area contributed by atoms with Gasteiger partial charge in [-0.15, -0.1) is 11.3 Å². The minimum absolute atomic E-state index is 0.273. The average molecular weight is 395 g/mol. The Morgan fingerprint density at radius 3 is 2.43 bits per heavy atom. The quantitative estimate of drug-likeness (QED) is 0.486. The maximum absolute atomic E-state index is 12.4. The van der Waals surface area contributed by atoms with Crippen molar-refractivity contribution in [2.24, 2.45) is 0 Å². The van der Waals surface area contributed by atoms with Crippen LogP contribution in [0.4, 0.5) is 10.8 Å². The standard InChI is InChI=1S/C20H17N3O4S/c1-2-17(24)27-16-8-6-13(7-9-16)18(25)22-15-5-3-4-14(12-15)19(26)23-20-21-10-11-28-20/h3-12H,2H2,1H3,(H,22,25)(H,21,23,26). The van der Waals surface area contributed by atoms with Crippen molar-refractivity contribution in [2.75, 3.05) is 10.6 Å². The first-order valence-corrected chi connectivity index (χ1v) is 9.36. The summed E-state index contributed by atoms with van der Waals surface area (Å²) in [4.78, 5) is 40.0. The van der Waals surface area contributed by atoms with Crippen LogP contribution in [0.25, 0.3) is 0 Å². The van der Waals surface area contributed by atoms with Crippen molar-refractivity contribution in [3.8, 4) is 5.75 Å². The van der Waals surface area contributed by atoms with Crippen molar-refractivity contribution in [3.63, 3.8) is 0 Å². The van der Waals surface area contributed by atoms with Crippen molar-refractivity contribution in [1.29, 1.82) is 0 Å². The van der Waals surface area contributed by atoms with Gasteiger partial charge in [0.1, 0.15) is 5.75 Å². The zero-order chi connectivity index (χ0) is 19.9. The molecule has 0 saturated heterocycles. The minimum Gasteiger partial charge on any atom is -0.427 e. The highest BCUT2D eigenvalue weighted by Gasteiger charge is 2.11. The summed E-state index contributed by atoms with van der Waals surface area (Å²) in [7, 11) is 0. The molecule has 2 N–H and O–H groups in total. The van der Waals surface area contributed by atoms with Crippen LogP contribution in [-0.2, 0) is 4.79 Å². The second-order valence-corrected chi connectivity index (χ2v) is 6.57. The first-order chi connectivity index (χ1) is 13.5. The van der Waals surface area contributed by atoms with Crippen LogP contribution in [0.2, 0.25) is 0 Å². The highest BCUT2D eigenvalue weighted by Crippen LogP contribution is 2.17. The summed E-state index contributed by atoms with van der Waals surface area (Å²) in [5.41, 5.74) is 1.28. The van der Waals surface area contributed by atoms with E-state index in [1.807, 2.05) is 0 Å². The molecule has 8 heteroatoms. The molecule has 3 rings (SSSR count). The highest BCUT2D eigenvalue weighted by molar-refractivity contribution is 7.13. The maximum Gasteiger partial charge on any atom is 0.310 e. The van der Waals surface area contributed by atoms with E-state index in [9.17, 15) is 14.4 Å². The van der Waals surface area contributed by atoms with Gasteiger partial charge in [0.05, 0.1) is 0 Å². The van der Waals surface area contributed by atoms with Gasteiger partial charge in [-0.25, -0.2) is 4.98 Å². The van der Waals surface area contributed by atoms with Gasteiger partial charge in [0.15, 0.2) is 5.13 Å². The monoisotopic (exact) mass is 395 g/mol. The lowest BCUT2D eigenvalue weighted by Gasteiger charge is -2.08. The molecule has 0 radical (unpaired) electrons. The molecule has 3 aromatic rings. The van der Waals surface area contributed by atoms with E-state index in [4.69, 9.17) is 4.74 Å². The molecule has 0 aliphatic rings. The summed E-state index contributed by atoms with van der Waals surface area (Å²) in [5.74, 6) is -0.617. The highest BCUT2D eigenvalue weighted by atomic mass is 32.1. The number of carbonyl (C=O) groups excluding carboxylic acids is 3. The smallest absolute Gasteiger partial charge is 0.310 e. The van der Waals surface area contributed by atoms with E-state index < -0.39 is 0 Å². The van der Waals surface area contributed by atoms with Gasteiger partial charge < -0.3 is 10.1 Å². The summed E-state index contributed by atoms with van der Waals surface area (Å²) >= 11 is 1.32. The third-order valence-electron chi connectivity index (χ3n) is 3.67. The molecular weight excluding hydrogens is 378 g/mol. The van der Waals surface area contributed by atoms with Gasteiger partial charge in [0.2, 0.25) is 0 Å². The molecule has 0 spiro atoms. The lowest BCUT2D eigenvalue weighted by molar-refractivity contribution is -0.134. The number of esters is 1. The second-order valence-electron chi connectivity index (χ2n) is 5.68. The predicted molar refractivity (Wildman–Crippen MR) is 107 cm³/mol. The van der Waals surface area contributed by atoms with Crippen LogP contribution >= 0.6 is 11.3 Å². The van der Waals surface area contributed by atoms with Crippen molar-refractivity contribution in [2.45, 2.75) is 13.3 Å². The summed E-state index contributed by atoms with van der Waals surface area (Å²) in [6.07, 6.45) is 1.88. The molecular formula is C20H17N3O4S. The molecule has 1 aromatic heterocycles. The Hall–Kier alpha value is -3.52. The fourth-order valence-corrected chi connectivity index (χ4v) is 2.80. The fourth-order valence-electron chi connectivity index (χ4n) is 2.27. The molecule has 1 heterocycles. The number of nitrogens with zero attached hydrogens (tertiary/aromatic N) is 1. The van der Waals surface area contributed by atoms with Gasteiger partial charge in [-0.1, -0.05) is 13.0 Å². The molecule has 7 nitrogen and oxygen atoms in total. The van der Waals surface area contributed by atoms with Gasteiger partial charge in [-0.05, 0) is 42.5 Å². The van der Waals surface area contributed by atoms with Crippen molar-refractivity contribution in [3.05, 3.63) is 71.2 Å². The zero-order valence-corrected chi connectivity index (χ0v) is 15.8. The Labute approximate surface area is 165 Å². The third kappa shape index (κ3) is 5.01.